The van der Waals surface area contributed by atoms with Crippen LogP contribution in [0.5, 0.6) is 5.75 Å². The Bertz CT molecular complexity index is 927. The van der Waals surface area contributed by atoms with Crippen LogP contribution in [0.1, 0.15) is 54.9 Å². The Morgan fingerprint density at radius 1 is 1.07 bits per heavy atom. The van der Waals surface area contributed by atoms with Crippen molar-refractivity contribution in [2.24, 2.45) is 0 Å². The summed E-state index contributed by atoms with van der Waals surface area (Å²) < 4.78 is 4.84. The number of carbonyl (C=O) groups excluding carboxylic acids is 1. The second-order valence-electron chi connectivity index (χ2n) is 6.91. The second kappa shape index (κ2) is 8.76. The van der Waals surface area contributed by atoms with Crippen LogP contribution < -0.4 is 0 Å². The monoisotopic (exact) mass is 365 g/mol. The van der Waals surface area contributed by atoms with Crippen LogP contribution in [0.25, 0.3) is 22.2 Å². The lowest BCUT2D eigenvalue weighted by molar-refractivity contribution is 0.0601. The van der Waals surface area contributed by atoms with E-state index in [1.54, 1.807) is 12.1 Å². The van der Waals surface area contributed by atoms with Crippen molar-refractivity contribution in [3.8, 4) is 17.0 Å². The van der Waals surface area contributed by atoms with E-state index in [1.165, 1.54) is 38.4 Å². The number of methoxy groups -OCH3 is 1. The first-order chi connectivity index (χ1) is 13.2. The Hall–Kier alpha value is -2.75. The summed E-state index contributed by atoms with van der Waals surface area (Å²) in [5.74, 6) is -0.0961. The van der Waals surface area contributed by atoms with Crippen LogP contribution in [0.4, 0.5) is 0 Å². The summed E-state index contributed by atoms with van der Waals surface area (Å²) in [4.78, 5) is 15.3. The number of aryl methyl sites for hydroxylation is 1. The van der Waals surface area contributed by atoms with Gasteiger partial charge in [0.1, 0.15) is 5.75 Å². The predicted octanol–water partition coefficient (Wildman–Crippen LogP) is 5.84. The van der Waals surface area contributed by atoms with Gasteiger partial charge in [-0.3, -0.25) is 0 Å². The van der Waals surface area contributed by atoms with E-state index in [4.69, 9.17) is 4.74 Å². The number of hydrogen-bond donors (Lipinski definition) is 2. The zero-order valence-electron chi connectivity index (χ0n) is 16.0. The molecule has 0 bridgehead atoms. The Morgan fingerprint density at radius 2 is 1.85 bits per heavy atom. The molecule has 0 unspecified atom stereocenters. The highest BCUT2D eigenvalue weighted by Crippen LogP contribution is 2.36. The van der Waals surface area contributed by atoms with Crippen molar-refractivity contribution in [3.63, 3.8) is 0 Å². The van der Waals surface area contributed by atoms with E-state index in [1.807, 2.05) is 30.3 Å². The lowest BCUT2D eigenvalue weighted by Gasteiger charge is -2.07. The van der Waals surface area contributed by atoms with Gasteiger partial charge in [0.2, 0.25) is 0 Å². The molecule has 0 fully saturated rings. The number of aromatic amines is 1. The van der Waals surface area contributed by atoms with Gasteiger partial charge in [-0.1, -0.05) is 50.8 Å². The average molecular weight is 365 g/mol. The molecule has 0 radical (unpaired) electrons. The van der Waals surface area contributed by atoms with Crippen LogP contribution in [0.3, 0.4) is 0 Å². The molecular weight excluding hydrogens is 338 g/mol. The number of unbranched alkanes of at least 4 members (excludes halogenated alkanes) is 4. The van der Waals surface area contributed by atoms with Gasteiger partial charge in [0.05, 0.1) is 18.4 Å². The van der Waals surface area contributed by atoms with Crippen molar-refractivity contribution >= 4 is 16.9 Å². The normalized spacial score (nSPS) is 11.0. The number of fused-ring (bicyclic) bond motifs is 1. The Morgan fingerprint density at radius 3 is 2.59 bits per heavy atom. The lowest BCUT2D eigenvalue weighted by Crippen LogP contribution is -2.00. The number of aromatic nitrogens is 1. The fraction of sp³-hybridized carbons (Fsp3) is 0.348. The SMILES string of the molecule is CCCCCCCc1c(-c2ccccc2O)[nH]c2cc(C(=O)OC)ccc12. The quantitative estimate of drug-likeness (QED) is 0.389. The van der Waals surface area contributed by atoms with Crippen molar-refractivity contribution in [1.29, 1.82) is 0 Å². The van der Waals surface area contributed by atoms with E-state index in [0.29, 0.717) is 5.56 Å². The predicted molar refractivity (Wildman–Crippen MR) is 109 cm³/mol. The van der Waals surface area contributed by atoms with Gasteiger partial charge in [-0.15, -0.1) is 0 Å². The fourth-order valence-electron chi connectivity index (χ4n) is 3.58. The first-order valence-electron chi connectivity index (χ1n) is 9.67. The highest BCUT2D eigenvalue weighted by atomic mass is 16.5. The molecule has 4 nitrogen and oxygen atoms in total. The van der Waals surface area contributed by atoms with Crippen LogP contribution in [0.15, 0.2) is 42.5 Å². The standard InChI is InChI=1S/C23H27NO3/c1-3-4-5-6-7-10-18-17-14-13-16(23(26)27-2)15-20(17)24-22(18)19-11-8-9-12-21(19)25/h8-9,11-15,24-25H,3-7,10H2,1-2H3. The number of aromatic hydroxyl groups is 1. The molecule has 0 saturated carbocycles. The molecule has 4 heteroatoms. The molecule has 0 aliphatic heterocycles. The van der Waals surface area contributed by atoms with Gasteiger partial charge in [0.15, 0.2) is 0 Å². The molecule has 0 aliphatic carbocycles. The number of H-pyrrole nitrogens is 1. The number of benzene rings is 2. The van der Waals surface area contributed by atoms with Gasteiger partial charge in [-0.2, -0.15) is 0 Å². The van der Waals surface area contributed by atoms with E-state index in [-0.39, 0.29) is 11.7 Å². The van der Waals surface area contributed by atoms with Crippen molar-refractivity contribution in [3.05, 3.63) is 53.6 Å². The fourth-order valence-corrected chi connectivity index (χ4v) is 3.58. The van der Waals surface area contributed by atoms with E-state index in [2.05, 4.69) is 11.9 Å². The summed E-state index contributed by atoms with van der Waals surface area (Å²) in [6.45, 7) is 2.22. The maximum atomic E-state index is 11.9. The van der Waals surface area contributed by atoms with Gasteiger partial charge >= 0.3 is 5.97 Å². The van der Waals surface area contributed by atoms with Gasteiger partial charge < -0.3 is 14.8 Å². The highest BCUT2D eigenvalue weighted by Gasteiger charge is 2.17. The molecule has 0 spiro atoms. The minimum atomic E-state index is -0.350. The molecule has 2 aromatic carbocycles. The topological polar surface area (TPSA) is 62.3 Å². The van der Waals surface area contributed by atoms with Crippen LogP contribution in [0.2, 0.25) is 0 Å². The number of nitrogens with one attached hydrogen (secondary N) is 1. The number of esters is 1. The number of rotatable bonds is 8. The molecular formula is C23H27NO3. The average Bonchev–Trinajstić information content (AvgIpc) is 3.05. The number of phenols is 1. The van der Waals surface area contributed by atoms with E-state index in [9.17, 15) is 9.90 Å². The maximum absolute atomic E-state index is 11.9. The van der Waals surface area contributed by atoms with Crippen molar-refractivity contribution in [2.75, 3.05) is 7.11 Å². The molecule has 0 atom stereocenters. The minimum absolute atomic E-state index is 0.254. The van der Waals surface area contributed by atoms with Crippen LogP contribution in [-0.2, 0) is 11.2 Å². The molecule has 0 amide bonds. The number of hydrogen-bond acceptors (Lipinski definition) is 3. The number of phenolic OH excluding ortho intramolecular Hbond substituents is 1. The third kappa shape index (κ3) is 4.16. The van der Waals surface area contributed by atoms with Gasteiger partial charge in [0, 0.05) is 16.5 Å². The molecule has 0 saturated heterocycles. The molecule has 142 valence electrons. The summed E-state index contributed by atoms with van der Waals surface area (Å²) in [5.41, 5.74) is 4.32. The first kappa shape index (κ1) is 19.0. The Balaban J connectivity index is 2.01. The zero-order chi connectivity index (χ0) is 19.2. The number of carbonyl (C=O) groups is 1. The summed E-state index contributed by atoms with van der Waals surface area (Å²) in [7, 11) is 1.39. The maximum Gasteiger partial charge on any atom is 0.337 e. The number of para-hydroxylation sites is 1. The van der Waals surface area contributed by atoms with E-state index < -0.39 is 0 Å². The Labute approximate surface area is 160 Å². The van der Waals surface area contributed by atoms with Gasteiger partial charge in [0.25, 0.3) is 0 Å². The molecule has 2 N–H and O–H groups in total. The van der Waals surface area contributed by atoms with Crippen molar-refractivity contribution in [2.45, 2.75) is 45.4 Å². The molecule has 1 aromatic heterocycles. The lowest BCUT2D eigenvalue weighted by atomic mass is 9.98. The van der Waals surface area contributed by atoms with Crippen LogP contribution >= 0.6 is 0 Å². The third-order valence-corrected chi connectivity index (χ3v) is 5.03. The van der Waals surface area contributed by atoms with Crippen molar-refractivity contribution < 1.29 is 14.6 Å². The van der Waals surface area contributed by atoms with Crippen molar-refractivity contribution in [1.82, 2.24) is 4.98 Å². The molecule has 1 heterocycles. The Kier molecular flexibility index (Phi) is 6.17. The molecule has 3 rings (SSSR count). The van der Waals surface area contributed by atoms with E-state index in [0.717, 1.165) is 35.0 Å². The second-order valence-corrected chi connectivity index (χ2v) is 6.91. The number of ether oxygens (including phenoxy) is 1. The first-order valence-corrected chi connectivity index (χ1v) is 9.67. The summed E-state index contributed by atoms with van der Waals surface area (Å²) >= 11 is 0. The largest absolute Gasteiger partial charge is 0.507 e. The molecule has 0 aliphatic rings. The highest BCUT2D eigenvalue weighted by molar-refractivity contribution is 5.98. The summed E-state index contributed by atoms with van der Waals surface area (Å²) in [6, 6.07) is 13.0. The summed E-state index contributed by atoms with van der Waals surface area (Å²) in [5, 5.41) is 11.4. The zero-order valence-corrected chi connectivity index (χ0v) is 16.0. The van der Waals surface area contributed by atoms with Gasteiger partial charge in [-0.05, 0) is 42.7 Å². The van der Waals surface area contributed by atoms with Crippen LogP contribution in [-0.4, -0.2) is 23.2 Å². The molecule has 27 heavy (non-hydrogen) atoms. The molecule has 3 aromatic rings. The van der Waals surface area contributed by atoms with Crippen LogP contribution in [0, 0.1) is 0 Å². The van der Waals surface area contributed by atoms with E-state index >= 15 is 0 Å². The minimum Gasteiger partial charge on any atom is -0.507 e. The van der Waals surface area contributed by atoms with Gasteiger partial charge in [-0.25, -0.2) is 4.79 Å². The third-order valence-electron chi connectivity index (χ3n) is 5.03. The summed E-state index contributed by atoms with van der Waals surface area (Å²) in [6.07, 6.45) is 6.98. The smallest absolute Gasteiger partial charge is 0.337 e.